The van der Waals surface area contributed by atoms with Gasteiger partial charge in [0.25, 0.3) is 0 Å². The summed E-state index contributed by atoms with van der Waals surface area (Å²) in [6.07, 6.45) is 3.34. The Kier molecular flexibility index (Phi) is 8.58. The molecule has 1 fully saturated rings. The molecule has 0 aromatic heterocycles. The highest BCUT2D eigenvalue weighted by Gasteiger charge is 2.29. The number of hydrogen-bond acceptors (Lipinski definition) is 5. The molecular weight excluding hydrogens is 374 g/mol. The van der Waals surface area contributed by atoms with E-state index in [1.54, 1.807) is 13.8 Å². The average Bonchev–Trinajstić information content (AvgIpc) is 2.64. The summed E-state index contributed by atoms with van der Waals surface area (Å²) in [4.78, 5) is 2.42. The molecule has 28 heavy (non-hydrogen) atoms. The summed E-state index contributed by atoms with van der Waals surface area (Å²) in [6.45, 7) is 12.2. The number of unbranched alkanes of at least 4 members (excludes halogenated alkanes) is 2. The van der Waals surface area contributed by atoms with Gasteiger partial charge in [0.15, 0.2) is 0 Å². The van der Waals surface area contributed by atoms with E-state index in [2.05, 4.69) is 60.0 Å². The van der Waals surface area contributed by atoms with E-state index in [1.807, 2.05) is 0 Å². The van der Waals surface area contributed by atoms with Crippen molar-refractivity contribution >= 4 is 21.4 Å². The van der Waals surface area contributed by atoms with Gasteiger partial charge in [0.2, 0.25) is 10.0 Å². The van der Waals surface area contributed by atoms with E-state index in [0.717, 1.165) is 38.0 Å². The zero-order chi connectivity index (χ0) is 20.7. The largest absolute Gasteiger partial charge is 0.385 e. The van der Waals surface area contributed by atoms with Crippen molar-refractivity contribution in [3.63, 3.8) is 0 Å². The molecular formula is C21H37N3O3S. The predicted molar refractivity (Wildman–Crippen MR) is 118 cm³/mol. The molecule has 1 saturated heterocycles. The Morgan fingerprint density at radius 2 is 1.71 bits per heavy atom. The molecule has 160 valence electrons. The predicted octanol–water partition coefficient (Wildman–Crippen LogP) is 3.60. The molecule has 0 aliphatic carbocycles. The molecule has 1 aliphatic heterocycles. The highest BCUT2D eigenvalue weighted by molar-refractivity contribution is 7.90. The molecule has 2 rings (SSSR count). The number of nitrogens with zero attached hydrogens (tertiary/aromatic N) is 1. The monoisotopic (exact) mass is 411 g/mol. The van der Waals surface area contributed by atoms with Gasteiger partial charge in [-0.2, -0.15) is 0 Å². The van der Waals surface area contributed by atoms with Crippen LogP contribution in [0.2, 0.25) is 0 Å². The van der Waals surface area contributed by atoms with Gasteiger partial charge in [-0.1, -0.05) is 6.42 Å². The molecule has 1 unspecified atom stereocenters. The van der Waals surface area contributed by atoms with Crippen LogP contribution in [-0.4, -0.2) is 51.6 Å². The molecule has 0 amide bonds. The summed E-state index contributed by atoms with van der Waals surface area (Å²) in [6, 6.07) is 8.96. The van der Waals surface area contributed by atoms with Gasteiger partial charge in [0, 0.05) is 31.0 Å². The van der Waals surface area contributed by atoms with Crippen LogP contribution in [0.1, 0.15) is 53.9 Å². The van der Waals surface area contributed by atoms with E-state index < -0.39 is 10.0 Å². The smallest absolute Gasteiger partial charge is 0.213 e. The Balaban J connectivity index is 1.69. The highest BCUT2D eigenvalue weighted by Crippen LogP contribution is 2.26. The number of rotatable bonds is 10. The van der Waals surface area contributed by atoms with Crippen LogP contribution in [0.5, 0.6) is 0 Å². The third-order valence-electron chi connectivity index (χ3n) is 5.38. The van der Waals surface area contributed by atoms with Crippen molar-refractivity contribution < 1.29 is 13.2 Å². The van der Waals surface area contributed by atoms with Crippen LogP contribution in [0.4, 0.5) is 11.4 Å². The third-order valence-corrected chi connectivity index (χ3v) is 7.22. The van der Waals surface area contributed by atoms with Gasteiger partial charge in [-0.3, -0.25) is 0 Å². The van der Waals surface area contributed by atoms with Gasteiger partial charge in [-0.05, 0) is 71.7 Å². The molecule has 0 bridgehead atoms. The first-order valence-electron chi connectivity index (χ1n) is 10.4. The molecule has 7 heteroatoms. The van der Waals surface area contributed by atoms with Crippen molar-refractivity contribution in [2.75, 3.05) is 29.9 Å². The molecule has 1 aromatic carbocycles. The summed E-state index contributed by atoms with van der Waals surface area (Å²) in [5, 5.41) is 3.08. The van der Waals surface area contributed by atoms with E-state index in [9.17, 15) is 8.42 Å². The van der Waals surface area contributed by atoms with Gasteiger partial charge < -0.3 is 15.0 Å². The van der Waals surface area contributed by atoms with Crippen LogP contribution in [0.15, 0.2) is 24.3 Å². The Bertz CT molecular complexity index is 691. The van der Waals surface area contributed by atoms with Crippen molar-refractivity contribution in [2.24, 2.45) is 0 Å². The lowest BCUT2D eigenvalue weighted by molar-refractivity contribution is -0.0257. The lowest BCUT2D eigenvalue weighted by Gasteiger charge is -2.42. The van der Waals surface area contributed by atoms with Crippen LogP contribution < -0.4 is 14.9 Å². The number of morpholine rings is 1. The van der Waals surface area contributed by atoms with Crippen molar-refractivity contribution in [3.8, 4) is 0 Å². The van der Waals surface area contributed by atoms with Crippen LogP contribution in [-0.2, 0) is 14.8 Å². The Labute approximate surface area is 171 Å². The molecule has 3 atom stereocenters. The van der Waals surface area contributed by atoms with Crippen LogP contribution in [0, 0.1) is 0 Å². The van der Waals surface area contributed by atoms with Gasteiger partial charge in [-0.25, -0.2) is 13.1 Å². The third kappa shape index (κ3) is 6.64. The number of anilines is 2. The van der Waals surface area contributed by atoms with Gasteiger partial charge in [-0.15, -0.1) is 0 Å². The fourth-order valence-corrected chi connectivity index (χ4v) is 4.13. The molecule has 0 spiro atoms. The molecule has 1 aliphatic rings. The fourth-order valence-electron chi connectivity index (χ4n) is 3.37. The Morgan fingerprint density at radius 1 is 1.07 bits per heavy atom. The zero-order valence-corrected chi connectivity index (χ0v) is 18.8. The number of ether oxygens (including phenoxy) is 1. The topological polar surface area (TPSA) is 70.7 Å². The lowest BCUT2D eigenvalue weighted by Crippen LogP contribution is -2.51. The maximum absolute atomic E-state index is 11.7. The van der Waals surface area contributed by atoms with Crippen LogP contribution in [0.25, 0.3) is 0 Å². The number of sulfonamides is 1. The standard InChI is InChI=1S/C21H37N3O3S/c1-16(2)28(25,26)23-14-8-6-7-13-22-20-9-11-21(12-10-20)24-15-17(3)27-19(5)18(24)4/h9-12,16-19,22-23H,6-8,13-15H2,1-5H3/t17-,18?,19+/m0/s1. The van der Waals surface area contributed by atoms with Crippen molar-refractivity contribution in [1.29, 1.82) is 0 Å². The van der Waals surface area contributed by atoms with Crippen LogP contribution >= 0.6 is 0 Å². The maximum atomic E-state index is 11.7. The maximum Gasteiger partial charge on any atom is 0.213 e. The summed E-state index contributed by atoms with van der Waals surface area (Å²) in [7, 11) is -3.14. The van der Waals surface area contributed by atoms with E-state index >= 15 is 0 Å². The van der Waals surface area contributed by atoms with E-state index in [1.165, 1.54) is 5.69 Å². The molecule has 0 saturated carbocycles. The first-order valence-corrected chi connectivity index (χ1v) is 12.0. The fraction of sp³-hybridized carbons (Fsp3) is 0.714. The number of benzene rings is 1. The van der Waals surface area contributed by atoms with E-state index in [0.29, 0.717) is 12.6 Å². The first kappa shape index (κ1) is 23.0. The number of nitrogens with one attached hydrogen (secondary N) is 2. The van der Waals surface area contributed by atoms with Gasteiger partial charge >= 0.3 is 0 Å². The normalized spacial score (nSPS) is 23.2. The molecule has 6 nitrogen and oxygen atoms in total. The van der Waals surface area contributed by atoms with E-state index in [4.69, 9.17) is 4.74 Å². The molecule has 0 radical (unpaired) electrons. The Hall–Kier alpha value is -1.31. The quantitative estimate of drug-likeness (QED) is 0.576. The minimum Gasteiger partial charge on any atom is -0.385 e. The average molecular weight is 412 g/mol. The lowest BCUT2D eigenvalue weighted by atomic mass is 10.1. The minimum absolute atomic E-state index is 0.228. The van der Waals surface area contributed by atoms with Crippen molar-refractivity contribution in [3.05, 3.63) is 24.3 Å². The highest BCUT2D eigenvalue weighted by atomic mass is 32.2. The second-order valence-electron chi connectivity index (χ2n) is 8.07. The van der Waals surface area contributed by atoms with E-state index in [-0.39, 0.29) is 17.5 Å². The minimum atomic E-state index is -3.14. The molecule has 1 aromatic rings. The molecule has 2 N–H and O–H groups in total. The van der Waals surface area contributed by atoms with Crippen molar-refractivity contribution in [1.82, 2.24) is 4.72 Å². The van der Waals surface area contributed by atoms with Gasteiger partial charge in [0.05, 0.1) is 23.5 Å². The van der Waals surface area contributed by atoms with Crippen molar-refractivity contribution in [2.45, 2.75) is 77.4 Å². The second kappa shape index (κ2) is 10.5. The SMILES string of the molecule is CC1[C@@H](C)O[C@@H](C)CN1c1ccc(NCCCCCNS(=O)(=O)C(C)C)cc1. The number of hydrogen-bond donors (Lipinski definition) is 2. The zero-order valence-electron chi connectivity index (χ0n) is 17.9. The summed E-state index contributed by atoms with van der Waals surface area (Å²) >= 11 is 0. The van der Waals surface area contributed by atoms with Crippen LogP contribution in [0.3, 0.4) is 0 Å². The first-order chi connectivity index (χ1) is 13.2. The van der Waals surface area contributed by atoms with Gasteiger partial charge in [0.1, 0.15) is 0 Å². The molecule has 1 heterocycles. The summed E-state index contributed by atoms with van der Waals surface area (Å²) in [5.41, 5.74) is 2.35. The Morgan fingerprint density at radius 3 is 2.36 bits per heavy atom. The summed E-state index contributed by atoms with van der Waals surface area (Å²) in [5.74, 6) is 0. The second-order valence-corrected chi connectivity index (χ2v) is 10.4. The summed E-state index contributed by atoms with van der Waals surface area (Å²) < 4.78 is 31.9.